The molecule has 124 valence electrons. The first kappa shape index (κ1) is 15.7. The number of nitrogens with zero attached hydrogens (tertiary/aromatic N) is 4. The molecule has 1 aliphatic heterocycles. The van der Waals surface area contributed by atoms with Crippen LogP contribution in [-0.4, -0.2) is 58.1 Å². The summed E-state index contributed by atoms with van der Waals surface area (Å²) in [5, 5.41) is 10.8. The van der Waals surface area contributed by atoms with Gasteiger partial charge in [-0.2, -0.15) is 9.61 Å². The minimum atomic E-state index is 0.104. The third-order valence-corrected chi connectivity index (χ3v) is 4.01. The van der Waals surface area contributed by atoms with Gasteiger partial charge in [-0.05, 0) is 12.8 Å². The molecule has 0 atom stereocenters. The van der Waals surface area contributed by atoms with E-state index in [0.29, 0.717) is 12.5 Å². The number of piperazine rings is 1. The highest BCUT2D eigenvalue weighted by atomic mass is 16.2. The van der Waals surface area contributed by atoms with E-state index in [1.54, 1.807) is 0 Å². The normalized spacial score (nSPS) is 16.1. The van der Waals surface area contributed by atoms with Crippen LogP contribution in [0.3, 0.4) is 0 Å². The summed E-state index contributed by atoms with van der Waals surface area (Å²) >= 11 is 0. The summed E-state index contributed by atoms with van der Waals surface area (Å²) in [5.41, 5.74) is 2.87. The number of aryl methyl sites for hydroxylation is 1. The van der Waals surface area contributed by atoms with E-state index in [0.717, 1.165) is 49.0 Å². The Morgan fingerprint density at radius 2 is 2.22 bits per heavy atom. The fourth-order valence-corrected chi connectivity index (χ4v) is 2.75. The van der Waals surface area contributed by atoms with Crippen molar-refractivity contribution in [1.29, 1.82) is 0 Å². The summed E-state index contributed by atoms with van der Waals surface area (Å²) < 4.78 is 1.85. The first-order valence-corrected chi connectivity index (χ1v) is 8.13. The Kier molecular flexibility index (Phi) is 4.47. The molecule has 2 aromatic heterocycles. The Morgan fingerprint density at radius 3 is 2.96 bits per heavy atom. The van der Waals surface area contributed by atoms with Gasteiger partial charge in [-0.3, -0.25) is 9.69 Å². The van der Waals surface area contributed by atoms with Gasteiger partial charge in [0.1, 0.15) is 5.82 Å². The van der Waals surface area contributed by atoms with Gasteiger partial charge in [0.05, 0.1) is 12.2 Å². The number of aromatic nitrogens is 3. The van der Waals surface area contributed by atoms with Crippen molar-refractivity contribution >= 4 is 17.4 Å². The summed E-state index contributed by atoms with van der Waals surface area (Å²) in [7, 11) is 0. The summed E-state index contributed by atoms with van der Waals surface area (Å²) in [6, 6.07) is 4.05. The zero-order chi connectivity index (χ0) is 16.4. The first-order chi connectivity index (χ1) is 11.0. The highest BCUT2D eigenvalue weighted by Crippen LogP contribution is 2.19. The number of hydrogen-bond donors (Lipinski definition) is 2. The molecule has 7 nitrogen and oxygen atoms in total. The van der Waals surface area contributed by atoms with Gasteiger partial charge >= 0.3 is 0 Å². The number of anilines is 1. The number of carbonyl (C=O) groups excluding carboxylic acids is 1. The van der Waals surface area contributed by atoms with Crippen LogP contribution in [0.2, 0.25) is 0 Å². The average Bonchev–Trinajstić information content (AvgIpc) is 2.87. The molecule has 7 heteroatoms. The van der Waals surface area contributed by atoms with Crippen LogP contribution in [0.15, 0.2) is 12.1 Å². The van der Waals surface area contributed by atoms with Gasteiger partial charge in [0.15, 0.2) is 5.65 Å². The summed E-state index contributed by atoms with van der Waals surface area (Å²) in [6.07, 6.45) is 0. The summed E-state index contributed by atoms with van der Waals surface area (Å²) in [6.45, 7) is 9.95. The molecule has 0 aromatic carbocycles. The zero-order valence-electron chi connectivity index (χ0n) is 14.0. The second kappa shape index (κ2) is 6.54. The standard InChI is InChI=1S/C16H24N6O/c1-11(2)13-9-14(22-15(19-13)8-12(3)20-22)17-4-6-21-7-5-18-16(23)10-21/h8-9,11,17H,4-7,10H2,1-3H3,(H,18,23). The first-order valence-electron chi connectivity index (χ1n) is 8.13. The second-order valence-corrected chi connectivity index (χ2v) is 6.33. The summed E-state index contributed by atoms with van der Waals surface area (Å²) in [4.78, 5) is 18.2. The predicted molar refractivity (Wildman–Crippen MR) is 89.8 cm³/mol. The molecule has 3 heterocycles. The average molecular weight is 316 g/mol. The maximum absolute atomic E-state index is 11.4. The van der Waals surface area contributed by atoms with Gasteiger partial charge < -0.3 is 10.6 Å². The largest absolute Gasteiger partial charge is 0.369 e. The van der Waals surface area contributed by atoms with Gasteiger partial charge in [0, 0.05) is 44.0 Å². The van der Waals surface area contributed by atoms with E-state index in [1.165, 1.54) is 0 Å². The summed E-state index contributed by atoms with van der Waals surface area (Å²) in [5.74, 6) is 1.42. The van der Waals surface area contributed by atoms with Gasteiger partial charge in [0.25, 0.3) is 0 Å². The van der Waals surface area contributed by atoms with E-state index in [1.807, 2.05) is 17.5 Å². The molecule has 23 heavy (non-hydrogen) atoms. The number of fused-ring (bicyclic) bond motifs is 1. The van der Waals surface area contributed by atoms with E-state index in [9.17, 15) is 4.79 Å². The van der Waals surface area contributed by atoms with Crippen LogP contribution in [0.1, 0.15) is 31.2 Å². The molecule has 0 bridgehead atoms. The molecule has 0 spiro atoms. The molecule has 2 N–H and O–H groups in total. The third-order valence-electron chi connectivity index (χ3n) is 4.01. The van der Waals surface area contributed by atoms with Crippen LogP contribution < -0.4 is 10.6 Å². The molecule has 1 saturated heterocycles. The van der Waals surface area contributed by atoms with E-state index >= 15 is 0 Å². The maximum Gasteiger partial charge on any atom is 0.234 e. The molecule has 1 amide bonds. The van der Waals surface area contributed by atoms with E-state index in [4.69, 9.17) is 0 Å². The van der Waals surface area contributed by atoms with E-state index in [-0.39, 0.29) is 5.91 Å². The van der Waals surface area contributed by atoms with Crippen molar-refractivity contribution in [1.82, 2.24) is 24.8 Å². The molecule has 0 radical (unpaired) electrons. The van der Waals surface area contributed by atoms with Crippen molar-refractivity contribution in [2.45, 2.75) is 26.7 Å². The molecule has 0 unspecified atom stereocenters. The number of rotatable bonds is 5. The van der Waals surface area contributed by atoms with Crippen LogP contribution in [0, 0.1) is 6.92 Å². The number of amides is 1. The highest BCUT2D eigenvalue weighted by Gasteiger charge is 2.16. The second-order valence-electron chi connectivity index (χ2n) is 6.33. The molecule has 1 fully saturated rings. The van der Waals surface area contributed by atoms with Gasteiger partial charge in [-0.15, -0.1) is 0 Å². The van der Waals surface area contributed by atoms with Crippen LogP contribution >= 0.6 is 0 Å². The lowest BCUT2D eigenvalue weighted by atomic mass is 10.1. The Balaban J connectivity index is 1.72. The third kappa shape index (κ3) is 3.61. The fraction of sp³-hybridized carbons (Fsp3) is 0.562. The smallest absolute Gasteiger partial charge is 0.234 e. The molecule has 2 aromatic rings. The predicted octanol–water partition coefficient (Wildman–Crippen LogP) is 1.00. The minimum absolute atomic E-state index is 0.104. The highest BCUT2D eigenvalue weighted by molar-refractivity contribution is 5.78. The zero-order valence-corrected chi connectivity index (χ0v) is 14.0. The van der Waals surface area contributed by atoms with Crippen molar-refractivity contribution < 1.29 is 4.79 Å². The van der Waals surface area contributed by atoms with Crippen molar-refractivity contribution in [3.05, 3.63) is 23.5 Å². The molecule has 1 aliphatic rings. The molecular formula is C16H24N6O. The van der Waals surface area contributed by atoms with E-state index in [2.05, 4.69) is 45.5 Å². The van der Waals surface area contributed by atoms with Crippen molar-refractivity contribution in [2.24, 2.45) is 0 Å². The van der Waals surface area contributed by atoms with Crippen molar-refractivity contribution in [2.75, 3.05) is 38.0 Å². The SMILES string of the molecule is Cc1cc2nc(C(C)C)cc(NCCN3CCNC(=O)C3)n2n1. The molecule has 0 aliphatic carbocycles. The fourth-order valence-electron chi connectivity index (χ4n) is 2.75. The quantitative estimate of drug-likeness (QED) is 0.861. The Hall–Kier alpha value is -2.15. The van der Waals surface area contributed by atoms with Gasteiger partial charge in [-0.1, -0.05) is 13.8 Å². The van der Waals surface area contributed by atoms with Crippen LogP contribution in [-0.2, 0) is 4.79 Å². The Bertz CT molecular complexity index is 708. The van der Waals surface area contributed by atoms with Gasteiger partial charge in [-0.25, -0.2) is 4.98 Å². The lowest BCUT2D eigenvalue weighted by Crippen LogP contribution is -2.48. The van der Waals surface area contributed by atoms with Crippen LogP contribution in [0.4, 0.5) is 5.82 Å². The lowest BCUT2D eigenvalue weighted by Gasteiger charge is -2.26. The van der Waals surface area contributed by atoms with Gasteiger partial charge in [0.2, 0.25) is 5.91 Å². The maximum atomic E-state index is 11.4. The monoisotopic (exact) mass is 316 g/mol. The Labute approximate surface area is 136 Å². The lowest BCUT2D eigenvalue weighted by molar-refractivity contribution is -0.124. The Morgan fingerprint density at radius 1 is 1.39 bits per heavy atom. The van der Waals surface area contributed by atoms with Crippen molar-refractivity contribution in [3.8, 4) is 0 Å². The van der Waals surface area contributed by atoms with E-state index < -0.39 is 0 Å². The van der Waals surface area contributed by atoms with Crippen LogP contribution in [0.25, 0.3) is 5.65 Å². The van der Waals surface area contributed by atoms with Crippen LogP contribution in [0.5, 0.6) is 0 Å². The number of hydrogen-bond acceptors (Lipinski definition) is 5. The minimum Gasteiger partial charge on any atom is -0.369 e. The topological polar surface area (TPSA) is 74.6 Å². The molecular weight excluding hydrogens is 292 g/mol. The number of carbonyl (C=O) groups is 1. The molecule has 3 rings (SSSR count). The number of nitrogens with one attached hydrogen (secondary N) is 2. The molecule has 0 saturated carbocycles. The van der Waals surface area contributed by atoms with Crippen molar-refractivity contribution in [3.63, 3.8) is 0 Å².